The molecule has 2 heterocycles. The fourth-order valence-electron chi connectivity index (χ4n) is 2.57. The maximum atomic E-state index is 8.67. The highest BCUT2D eigenvalue weighted by atomic mass is 16.4. The summed E-state index contributed by atoms with van der Waals surface area (Å²) in [6.45, 7) is 7.77. The van der Waals surface area contributed by atoms with Gasteiger partial charge in [0, 0.05) is 19.3 Å². The molecule has 1 aliphatic heterocycles. The number of likely N-dealkylation sites (tertiary alicyclic amines) is 1. The number of hydrogen-bond donors (Lipinski definition) is 2. The molecule has 104 valence electrons. The van der Waals surface area contributed by atoms with Crippen molar-refractivity contribution in [1.82, 2.24) is 9.88 Å². The van der Waals surface area contributed by atoms with E-state index in [4.69, 9.17) is 10.9 Å². The van der Waals surface area contributed by atoms with Crippen molar-refractivity contribution >= 4 is 5.84 Å². The first-order valence-corrected chi connectivity index (χ1v) is 6.75. The van der Waals surface area contributed by atoms with E-state index in [-0.39, 0.29) is 5.84 Å². The molecule has 1 saturated heterocycles. The van der Waals surface area contributed by atoms with E-state index in [1.807, 2.05) is 12.1 Å². The molecule has 1 aromatic heterocycles. The normalized spacial score (nSPS) is 21.2. The van der Waals surface area contributed by atoms with Crippen molar-refractivity contribution in [1.29, 1.82) is 0 Å². The van der Waals surface area contributed by atoms with E-state index in [1.165, 1.54) is 6.42 Å². The number of oxime groups is 1. The fraction of sp³-hybridized carbons (Fsp3) is 0.571. The molecule has 0 radical (unpaired) electrons. The lowest BCUT2D eigenvalue weighted by Gasteiger charge is -2.18. The molecule has 2 rings (SSSR count). The van der Waals surface area contributed by atoms with Crippen LogP contribution in [0.15, 0.2) is 23.5 Å². The summed E-state index contributed by atoms with van der Waals surface area (Å²) in [5.74, 6) is 1.60. The van der Waals surface area contributed by atoms with Crippen LogP contribution in [0.5, 0.6) is 0 Å². The van der Waals surface area contributed by atoms with Crippen LogP contribution in [0.4, 0.5) is 0 Å². The van der Waals surface area contributed by atoms with Crippen molar-refractivity contribution in [2.24, 2.45) is 22.7 Å². The van der Waals surface area contributed by atoms with Gasteiger partial charge >= 0.3 is 0 Å². The summed E-state index contributed by atoms with van der Waals surface area (Å²) < 4.78 is 0. The highest BCUT2D eigenvalue weighted by Crippen LogP contribution is 2.24. The quantitative estimate of drug-likeness (QED) is 0.374. The van der Waals surface area contributed by atoms with Crippen LogP contribution in [0.25, 0.3) is 0 Å². The van der Waals surface area contributed by atoms with Gasteiger partial charge in [0.25, 0.3) is 0 Å². The smallest absolute Gasteiger partial charge is 0.188 e. The molecule has 19 heavy (non-hydrogen) atoms. The zero-order chi connectivity index (χ0) is 13.8. The van der Waals surface area contributed by atoms with Crippen LogP contribution in [-0.4, -0.2) is 34.0 Å². The number of nitrogens with two attached hydrogens (primary N) is 1. The van der Waals surface area contributed by atoms with Gasteiger partial charge in [-0.05, 0) is 42.5 Å². The molecule has 3 N–H and O–H groups in total. The lowest BCUT2D eigenvalue weighted by Crippen LogP contribution is -2.22. The van der Waals surface area contributed by atoms with Gasteiger partial charge < -0.3 is 10.9 Å². The van der Waals surface area contributed by atoms with Gasteiger partial charge in [0.1, 0.15) is 5.69 Å². The number of hydrogen-bond acceptors (Lipinski definition) is 4. The summed E-state index contributed by atoms with van der Waals surface area (Å²) in [6, 6.07) is 3.87. The second-order valence-electron chi connectivity index (χ2n) is 5.56. The molecule has 1 fully saturated rings. The van der Waals surface area contributed by atoms with Crippen LogP contribution in [-0.2, 0) is 6.54 Å². The second-order valence-corrected chi connectivity index (χ2v) is 5.56. The van der Waals surface area contributed by atoms with E-state index in [2.05, 4.69) is 28.9 Å². The lowest BCUT2D eigenvalue weighted by molar-refractivity contribution is 0.296. The SMILES string of the molecule is CC(C)C1CCN(Cc2ccnc(/C(N)=N/O)c2)C1. The number of amidine groups is 1. The zero-order valence-corrected chi connectivity index (χ0v) is 11.6. The van der Waals surface area contributed by atoms with Crippen molar-refractivity contribution < 1.29 is 5.21 Å². The Labute approximate surface area is 114 Å². The first kappa shape index (κ1) is 13.8. The Morgan fingerprint density at radius 2 is 2.42 bits per heavy atom. The first-order valence-electron chi connectivity index (χ1n) is 6.75. The van der Waals surface area contributed by atoms with E-state index in [1.54, 1.807) is 6.20 Å². The molecule has 0 saturated carbocycles. The van der Waals surface area contributed by atoms with Gasteiger partial charge in [0.05, 0.1) is 0 Å². The molecule has 5 heteroatoms. The third-order valence-corrected chi connectivity index (χ3v) is 3.85. The molecule has 1 atom stereocenters. The molecule has 0 spiro atoms. The largest absolute Gasteiger partial charge is 0.409 e. The number of aromatic nitrogens is 1. The van der Waals surface area contributed by atoms with Crippen molar-refractivity contribution in [2.45, 2.75) is 26.8 Å². The van der Waals surface area contributed by atoms with Gasteiger partial charge in [-0.15, -0.1) is 0 Å². The molecule has 0 bridgehead atoms. The maximum Gasteiger partial charge on any atom is 0.188 e. The third-order valence-electron chi connectivity index (χ3n) is 3.85. The van der Waals surface area contributed by atoms with Crippen LogP contribution in [0.2, 0.25) is 0 Å². The number of pyridine rings is 1. The van der Waals surface area contributed by atoms with Crippen molar-refractivity contribution in [3.05, 3.63) is 29.6 Å². The van der Waals surface area contributed by atoms with Gasteiger partial charge in [-0.25, -0.2) is 0 Å². The van der Waals surface area contributed by atoms with Crippen molar-refractivity contribution in [3.8, 4) is 0 Å². The minimum absolute atomic E-state index is 0.0586. The molecule has 1 aromatic rings. The highest BCUT2D eigenvalue weighted by Gasteiger charge is 2.24. The number of rotatable bonds is 4. The standard InChI is InChI=1S/C14H22N4O/c1-10(2)12-4-6-18(9-12)8-11-3-5-16-13(7-11)14(15)17-19/h3,5,7,10,12,19H,4,6,8-9H2,1-2H3,(H2,15,17). The van der Waals surface area contributed by atoms with Crippen LogP contribution < -0.4 is 5.73 Å². The van der Waals surface area contributed by atoms with E-state index in [0.29, 0.717) is 5.69 Å². The predicted octanol–water partition coefficient (Wildman–Crippen LogP) is 1.65. The van der Waals surface area contributed by atoms with Gasteiger partial charge in [-0.1, -0.05) is 19.0 Å². The Balaban J connectivity index is 2.00. The Hall–Kier alpha value is -1.62. The van der Waals surface area contributed by atoms with Crippen LogP contribution >= 0.6 is 0 Å². The molecular weight excluding hydrogens is 240 g/mol. The molecular formula is C14H22N4O. The Morgan fingerprint density at radius 1 is 1.63 bits per heavy atom. The summed E-state index contributed by atoms with van der Waals surface area (Å²) >= 11 is 0. The minimum atomic E-state index is 0.0586. The van der Waals surface area contributed by atoms with Crippen molar-refractivity contribution in [2.75, 3.05) is 13.1 Å². The predicted molar refractivity (Wildman–Crippen MR) is 75.0 cm³/mol. The lowest BCUT2D eigenvalue weighted by atomic mass is 9.95. The molecule has 0 aromatic carbocycles. The summed E-state index contributed by atoms with van der Waals surface area (Å²) in [4.78, 5) is 6.55. The average molecular weight is 262 g/mol. The number of nitrogens with zero attached hydrogens (tertiary/aromatic N) is 3. The fourth-order valence-corrected chi connectivity index (χ4v) is 2.57. The minimum Gasteiger partial charge on any atom is -0.409 e. The van der Waals surface area contributed by atoms with Crippen molar-refractivity contribution in [3.63, 3.8) is 0 Å². The Bertz CT molecular complexity index is 459. The maximum absolute atomic E-state index is 8.67. The molecule has 0 aliphatic carbocycles. The van der Waals surface area contributed by atoms with E-state index in [0.717, 1.165) is 37.0 Å². The summed E-state index contributed by atoms with van der Waals surface area (Å²) in [6.07, 6.45) is 2.98. The van der Waals surface area contributed by atoms with Crippen LogP contribution in [0.1, 0.15) is 31.5 Å². The second kappa shape index (κ2) is 6.02. The Morgan fingerprint density at radius 3 is 3.05 bits per heavy atom. The van der Waals surface area contributed by atoms with Gasteiger partial charge in [0.2, 0.25) is 0 Å². The van der Waals surface area contributed by atoms with E-state index < -0.39 is 0 Å². The third kappa shape index (κ3) is 3.44. The van der Waals surface area contributed by atoms with E-state index in [9.17, 15) is 0 Å². The van der Waals surface area contributed by atoms with Gasteiger partial charge in [-0.3, -0.25) is 9.88 Å². The first-order chi connectivity index (χ1) is 9.10. The van der Waals surface area contributed by atoms with E-state index >= 15 is 0 Å². The molecule has 1 aliphatic rings. The summed E-state index contributed by atoms with van der Waals surface area (Å²) in [7, 11) is 0. The average Bonchev–Trinajstić information content (AvgIpc) is 2.87. The zero-order valence-electron chi connectivity index (χ0n) is 11.6. The molecule has 0 amide bonds. The molecule has 1 unspecified atom stereocenters. The summed E-state index contributed by atoms with van der Waals surface area (Å²) in [5, 5.41) is 11.7. The highest BCUT2D eigenvalue weighted by molar-refractivity contribution is 5.95. The topological polar surface area (TPSA) is 74.7 Å². The van der Waals surface area contributed by atoms with Gasteiger partial charge in [-0.2, -0.15) is 0 Å². The summed E-state index contributed by atoms with van der Waals surface area (Å²) in [5.41, 5.74) is 7.24. The van der Waals surface area contributed by atoms with Crippen LogP contribution in [0, 0.1) is 11.8 Å². The molecule has 5 nitrogen and oxygen atoms in total. The van der Waals surface area contributed by atoms with Gasteiger partial charge in [0.15, 0.2) is 5.84 Å². The Kier molecular flexibility index (Phi) is 4.37. The monoisotopic (exact) mass is 262 g/mol. The van der Waals surface area contributed by atoms with Crippen LogP contribution in [0.3, 0.4) is 0 Å².